The molecule has 0 aliphatic rings. The van der Waals surface area contributed by atoms with Crippen molar-refractivity contribution in [1.82, 2.24) is 10.2 Å². The average molecular weight is 220 g/mol. The first-order valence-electron chi connectivity index (χ1n) is 4.80. The topological polar surface area (TPSA) is 38.9 Å². The van der Waals surface area contributed by atoms with Crippen LogP contribution in [-0.2, 0) is 6.42 Å². The summed E-state index contributed by atoms with van der Waals surface area (Å²) >= 11 is 4.11. The minimum Gasteiger partial charge on any atom is -0.421 e. The molecule has 0 amide bonds. The molecule has 0 atom stereocenters. The summed E-state index contributed by atoms with van der Waals surface area (Å²) in [6.07, 6.45) is 0.710. The van der Waals surface area contributed by atoms with Crippen LogP contribution < -0.4 is 0 Å². The lowest BCUT2D eigenvalue weighted by atomic mass is 10.1. The van der Waals surface area contributed by atoms with Gasteiger partial charge in [0.15, 0.2) is 0 Å². The highest BCUT2D eigenvalue weighted by atomic mass is 32.1. The molecule has 0 fully saturated rings. The fraction of sp³-hybridized carbons (Fsp3) is 0.273. The molecule has 0 unspecified atom stereocenters. The van der Waals surface area contributed by atoms with Gasteiger partial charge < -0.3 is 4.42 Å². The molecule has 2 aromatic rings. The van der Waals surface area contributed by atoms with E-state index in [1.54, 1.807) is 0 Å². The van der Waals surface area contributed by atoms with E-state index in [1.165, 1.54) is 5.56 Å². The smallest absolute Gasteiger partial charge is 0.247 e. The van der Waals surface area contributed by atoms with Crippen molar-refractivity contribution in [3.8, 4) is 11.5 Å². The van der Waals surface area contributed by atoms with Gasteiger partial charge in [0, 0.05) is 12.0 Å². The number of aromatic nitrogens is 2. The fourth-order valence-electron chi connectivity index (χ4n) is 1.26. The number of rotatable bonds is 3. The van der Waals surface area contributed by atoms with Crippen molar-refractivity contribution in [2.45, 2.75) is 13.3 Å². The predicted molar refractivity (Wildman–Crippen MR) is 62.0 cm³/mol. The molecule has 4 heteroatoms. The van der Waals surface area contributed by atoms with E-state index in [4.69, 9.17) is 4.42 Å². The van der Waals surface area contributed by atoms with Crippen LogP contribution >= 0.6 is 12.6 Å². The first-order valence-corrected chi connectivity index (χ1v) is 5.43. The number of hydrogen-bond acceptors (Lipinski definition) is 4. The summed E-state index contributed by atoms with van der Waals surface area (Å²) in [5.74, 6) is 1.93. The summed E-state index contributed by atoms with van der Waals surface area (Å²) in [5, 5.41) is 7.92. The van der Waals surface area contributed by atoms with Gasteiger partial charge in [0.1, 0.15) is 0 Å². The number of hydrogen-bond donors (Lipinski definition) is 1. The lowest BCUT2D eigenvalue weighted by Crippen LogP contribution is -1.84. The van der Waals surface area contributed by atoms with Gasteiger partial charge >= 0.3 is 0 Å². The van der Waals surface area contributed by atoms with E-state index >= 15 is 0 Å². The van der Waals surface area contributed by atoms with Crippen LogP contribution in [0.2, 0.25) is 0 Å². The van der Waals surface area contributed by atoms with Crippen molar-refractivity contribution in [3.05, 3.63) is 35.7 Å². The van der Waals surface area contributed by atoms with Crippen LogP contribution in [0.5, 0.6) is 0 Å². The van der Waals surface area contributed by atoms with Crippen LogP contribution in [-0.4, -0.2) is 16.0 Å². The van der Waals surface area contributed by atoms with Gasteiger partial charge in [-0.05, 0) is 24.8 Å². The van der Waals surface area contributed by atoms with Gasteiger partial charge in [-0.25, -0.2) is 0 Å². The Morgan fingerprint density at radius 2 is 1.93 bits per heavy atom. The molecule has 1 aromatic heterocycles. The molecule has 0 aliphatic heterocycles. The number of nitrogens with zero attached hydrogens (tertiary/aromatic N) is 2. The largest absolute Gasteiger partial charge is 0.421 e. The Balaban J connectivity index is 2.25. The van der Waals surface area contributed by atoms with Gasteiger partial charge in [0.05, 0.1) is 0 Å². The third kappa shape index (κ3) is 2.39. The summed E-state index contributed by atoms with van der Waals surface area (Å²) in [5.41, 5.74) is 2.17. The molecule has 78 valence electrons. The van der Waals surface area contributed by atoms with E-state index in [-0.39, 0.29) is 0 Å². The van der Waals surface area contributed by atoms with Crippen LogP contribution in [0.15, 0.2) is 28.7 Å². The molecule has 0 radical (unpaired) electrons. The van der Waals surface area contributed by atoms with Crippen LogP contribution in [0, 0.1) is 6.92 Å². The van der Waals surface area contributed by atoms with Crippen molar-refractivity contribution in [2.75, 3.05) is 5.75 Å². The van der Waals surface area contributed by atoms with Crippen LogP contribution in [0.3, 0.4) is 0 Å². The number of aryl methyl sites for hydroxylation is 2. The SMILES string of the molecule is Cc1ccc(-c2nnc(CCS)o2)cc1. The molecular weight excluding hydrogens is 208 g/mol. The summed E-state index contributed by atoms with van der Waals surface area (Å²) in [6, 6.07) is 8.01. The molecule has 1 aromatic carbocycles. The molecule has 0 saturated carbocycles. The van der Waals surface area contributed by atoms with Crippen molar-refractivity contribution in [3.63, 3.8) is 0 Å². The fourth-order valence-corrected chi connectivity index (χ4v) is 1.45. The first kappa shape index (κ1) is 10.2. The normalized spacial score (nSPS) is 10.5. The second-order valence-corrected chi connectivity index (χ2v) is 3.79. The summed E-state index contributed by atoms with van der Waals surface area (Å²) in [6.45, 7) is 2.05. The predicted octanol–water partition coefficient (Wildman–Crippen LogP) is 2.52. The van der Waals surface area contributed by atoms with E-state index in [1.807, 2.05) is 31.2 Å². The van der Waals surface area contributed by atoms with E-state index in [0.717, 1.165) is 11.3 Å². The minimum atomic E-state index is 0.576. The maximum atomic E-state index is 5.48. The standard InChI is InChI=1S/C11H12N2OS/c1-8-2-4-9(5-3-8)11-13-12-10(14-11)6-7-15/h2-5,15H,6-7H2,1H3. The monoisotopic (exact) mass is 220 g/mol. The third-order valence-electron chi connectivity index (χ3n) is 2.09. The molecule has 0 bridgehead atoms. The lowest BCUT2D eigenvalue weighted by Gasteiger charge is -1.94. The van der Waals surface area contributed by atoms with E-state index < -0.39 is 0 Å². The second-order valence-electron chi connectivity index (χ2n) is 3.34. The van der Waals surface area contributed by atoms with E-state index in [2.05, 4.69) is 22.8 Å². The van der Waals surface area contributed by atoms with Crippen LogP contribution in [0.1, 0.15) is 11.5 Å². The van der Waals surface area contributed by atoms with Crippen LogP contribution in [0.25, 0.3) is 11.5 Å². The van der Waals surface area contributed by atoms with Gasteiger partial charge in [-0.2, -0.15) is 12.6 Å². The van der Waals surface area contributed by atoms with Crippen molar-refractivity contribution >= 4 is 12.6 Å². The molecular formula is C11H12N2OS. The van der Waals surface area contributed by atoms with Crippen LogP contribution in [0.4, 0.5) is 0 Å². The highest BCUT2D eigenvalue weighted by Crippen LogP contribution is 2.18. The molecule has 0 aliphatic carbocycles. The molecule has 3 nitrogen and oxygen atoms in total. The maximum absolute atomic E-state index is 5.48. The summed E-state index contributed by atoms with van der Waals surface area (Å²) < 4.78 is 5.48. The zero-order valence-corrected chi connectivity index (χ0v) is 9.37. The van der Waals surface area contributed by atoms with Gasteiger partial charge in [-0.1, -0.05) is 17.7 Å². The Morgan fingerprint density at radius 3 is 2.60 bits per heavy atom. The Labute approximate surface area is 93.9 Å². The lowest BCUT2D eigenvalue weighted by molar-refractivity contribution is 0.514. The Morgan fingerprint density at radius 1 is 1.20 bits per heavy atom. The highest BCUT2D eigenvalue weighted by Gasteiger charge is 2.06. The maximum Gasteiger partial charge on any atom is 0.247 e. The highest BCUT2D eigenvalue weighted by molar-refractivity contribution is 7.80. The Hall–Kier alpha value is -1.29. The van der Waals surface area contributed by atoms with Gasteiger partial charge in [-0.3, -0.25) is 0 Å². The molecule has 0 N–H and O–H groups in total. The number of thiol groups is 1. The van der Waals surface area contributed by atoms with Crippen molar-refractivity contribution in [2.24, 2.45) is 0 Å². The van der Waals surface area contributed by atoms with Crippen molar-refractivity contribution < 1.29 is 4.42 Å². The first-order chi connectivity index (χ1) is 7.29. The van der Waals surface area contributed by atoms with E-state index in [9.17, 15) is 0 Å². The Bertz CT molecular complexity index is 436. The van der Waals surface area contributed by atoms with Gasteiger partial charge in [0.2, 0.25) is 11.8 Å². The molecule has 2 rings (SSSR count). The van der Waals surface area contributed by atoms with Gasteiger partial charge in [-0.15, -0.1) is 10.2 Å². The second kappa shape index (κ2) is 4.49. The van der Waals surface area contributed by atoms with Gasteiger partial charge in [0.25, 0.3) is 0 Å². The minimum absolute atomic E-state index is 0.576. The molecule has 0 spiro atoms. The molecule has 15 heavy (non-hydrogen) atoms. The zero-order valence-electron chi connectivity index (χ0n) is 8.47. The molecule has 0 saturated heterocycles. The number of benzene rings is 1. The average Bonchev–Trinajstić information content (AvgIpc) is 2.68. The van der Waals surface area contributed by atoms with Crippen molar-refractivity contribution in [1.29, 1.82) is 0 Å². The Kier molecular flexibility index (Phi) is 3.06. The quantitative estimate of drug-likeness (QED) is 0.808. The molecule has 1 heterocycles. The van der Waals surface area contributed by atoms with E-state index in [0.29, 0.717) is 18.2 Å². The summed E-state index contributed by atoms with van der Waals surface area (Å²) in [4.78, 5) is 0. The third-order valence-corrected chi connectivity index (χ3v) is 2.31. The summed E-state index contributed by atoms with van der Waals surface area (Å²) in [7, 11) is 0. The zero-order chi connectivity index (χ0) is 10.7.